The fourth-order valence-corrected chi connectivity index (χ4v) is 1.83. The largest absolute Gasteiger partial charge is 0.480 e. The van der Waals surface area contributed by atoms with Crippen molar-refractivity contribution in [1.29, 1.82) is 0 Å². The summed E-state index contributed by atoms with van der Waals surface area (Å²) in [4.78, 5) is 14.1. The summed E-state index contributed by atoms with van der Waals surface area (Å²) in [5, 5.41) is 12.8. The van der Waals surface area contributed by atoms with E-state index >= 15 is 0 Å². The monoisotopic (exact) mass is 254 g/mol. The predicted octanol–water partition coefficient (Wildman–Crippen LogP) is 1.80. The first-order valence-electron chi connectivity index (χ1n) is 5.17. The summed E-state index contributed by atoms with van der Waals surface area (Å²) >= 11 is 0. The SMILES string of the molecule is CN[C@H](Cc1c[nH]c2ccccc12)C(=O)O.Cl. The molecule has 0 saturated carbocycles. The van der Waals surface area contributed by atoms with Crippen molar-refractivity contribution in [2.75, 3.05) is 7.05 Å². The van der Waals surface area contributed by atoms with Gasteiger partial charge in [-0.25, -0.2) is 0 Å². The van der Waals surface area contributed by atoms with Gasteiger partial charge in [-0.3, -0.25) is 4.79 Å². The minimum absolute atomic E-state index is 0. The Bertz CT molecular complexity index is 510. The molecule has 0 aliphatic heterocycles. The van der Waals surface area contributed by atoms with Gasteiger partial charge in [-0.05, 0) is 18.7 Å². The molecule has 3 N–H and O–H groups in total. The van der Waals surface area contributed by atoms with Crippen LogP contribution in [0.3, 0.4) is 0 Å². The topological polar surface area (TPSA) is 65.1 Å². The van der Waals surface area contributed by atoms with Gasteiger partial charge in [0.1, 0.15) is 6.04 Å². The van der Waals surface area contributed by atoms with Crippen molar-refractivity contribution in [3.05, 3.63) is 36.0 Å². The second-order valence-corrected chi connectivity index (χ2v) is 3.74. The molecule has 17 heavy (non-hydrogen) atoms. The Morgan fingerprint density at radius 1 is 1.47 bits per heavy atom. The first-order chi connectivity index (χ1) is 7.72. The Morgan fingerprint density at radius 2 is 2.18 bits per heavy atom. The first-order valence-corrected chi connectivity index (χ1v) is 5.17. The third-order valence-electron chi connectivity index (χ3n) is 2.75. The number of fused-ring (bicyclic) bond motifs is 1. The third kappa shape index (κ3) is 2.78. The van der Waals surface area contributed by atoms with Gasteiger partial charge in [-0.1, -0.05) is 18.2 Å². The zero-order chi connectivity index (χ0) is 11.5. The Kier molecular flexibility index (Phi) is 4.54. The van der Waals surface area contributed by atoms with Crippen molar-refractivity contribution < 1.29 is 9.90 Å². The van der Waals surface area contributed by atoms with Gasteiger partial charge in [0.2, 0.25) is 0 Å². The van der Waals surface area contributed by atoms with Crippen LogP contribution in [0.5, 0.6) is 0 Å². The molecule has 1 atom stereocenters. The maximum Gasteiger partial charge on any atom is 0.321 e. The van der Waals surface area contributed by atoms with Crippen LogP contribution in [-0.2, 0) is 11.2 Å². The van der Waals surface area contributed by atoms with Gasteiger partial charge in [-0.15, -0.1) is 12.4 Å². The molecule has 0 spiro atoms. The molecule has 1 aromatic carbocycles. The van der Waals surface area contributed by atoms with E-state index in [1.807, 2.05) is 30.5 Å². The summed E-state index contributed by atoms with van der Waals surface area (Å²) in [7, 11) is 1.66. The maximum atomic E-state index is 10.9. The molecule has 0 bridgehead atoms. The molecule has 0 amide bonds. The van der Waals surface area contributed by atoms with Crippen LogP contribution >= 0.6 is 12.4 Å². The number of hydrogen-bond donors (Lipinski definition) is 3. The average Bonchev–Trinajstić information content (AvgIpc) is 2.69. The third-order valence-corrected chi connectivity index (χ3v) is 2.75. The van der Waals surface area contributed by atoms with E-state index in [4.69, 9.17) is 5.11 Å². The molecular weight excluding hydrogens is 240 g/mol. The highest BCUT2D eigenvalue weighted by Crippen LogP contribution is 2.18. The van der Waals surface area contributed by atoms with Crippen molar-refractivity contribution in [3.8, 4) is 0 Å². The number of carboxylic acid groups (broad SMARTS) is 1. The van der Waals surface area contributed by atoms with E-state index in [1.165, 1.54) is 0 Å². The van der Waals surface area contributed by atoms with Crippen LogP contribution in [0.4, 0.5) is 0 Å². The first kappa shape index (κ1) is 13.5. The lowest BCUT2D eigenvalue weighted by Crippen LogP contribution is -2.35. The van der Waals surface area contributed by atoms with Gasteiger partial charge in [0.15, 0.2) is 0 Å². The predicted molar refractivity (Wildman–Crippen MR) is 69.7 cm³/mol. The molecule has 2 rings (SSSR count). The van der Waals surface area contributed by atoms with E-state index in [2.05, 4.69) is 10.3 Å². The molecule has 2 aromatic rings. The van der Waals surface area contributed by atoms with Crippen LogP contribution in [0.1, 0.15) is 5.56 Å². The highest BCUT2D eigenvalue weighted by Gasteiger charge is 2.16. The number of carbonyl (C=O) groups is 1. The van der Waals surface area contributed by atoms with Crippen molar-refractivity contribution >= 4 is 29.3 Å². The van der Waals surface area contributed by atoms with Crippen molar-refractivity contribution in [3.63, 3.8) is 0 Å². The molecular formula is C12H15ClN2O2. The van der Waals surface area contributed by atoms with Crippen LogP contribution in [-0.4, -0.2) is 29.1 Å². The average molecular weight is 255 g/mol. The molecule has 1 aromatic heterocycles. The highest BCUT2D eigenvalue weighted by atomic mass is 35.5. The number of likely N-dealkylation sites (N-methyl/N-ethyl adjacent to an activating group) is 1. The van der Waals surface area contributed by atoms with Gasteiger partial charge in [0.05, 0.1) is 0 Å². The van der Waals surface area contributed by atoms with E-state index in [0.29, 0.717) is 6.42 Å². The smallest absolute Gasteiger partial charge is 0.321 e. The number of halogens is 1. The number of rotatable bonds is 4. The Hall–Kier alpha value is -1.52. The number of carboxylic acids is 1. The number of benzene rings is 1. The van der Waals surface area contributed by atoms with Gasteiger partial charge in [0, 0.05) is 23.5 Å². The molecule has 0 radical (unpaired) electrons. The van der Waals surface area contributed by atoms with Crippen molar-refractivity contribution in [2.45, 2.75) is 12.5 Å². The van der Waals surface area contributed by atoms with Crippen LogP contribution < -0.4 is 5.32 Å². The summed E-state index contributed by atoms with van der Waals surface area (Å²) in [5.74, 6) is -0.826. The number of aromatic nitrogens is 1. The number of nitrogens with one attached hydrogen (secondary N) is 2. The van der Waals surface area contributed by atoms with Gasteiger partial charge in [0.25, 0.3) is 0 Å². The summed E-state index contributed by atoms with van der Waals surface area (Å²) in [5.41, 5.74) is 2.06. The van der Waals surface area contributed by atoms with Crippen LogP contribution in [0.15, 0.2) is 30.5 Å². The number of aromatic amines is 1. The number of aliphatic carboxylic acids is 1. The lowest BCUT2D eigenvalue weighted by Gasteiger charge is -2.09. The molecule has 4 nitrogen and oxygen atoms in total. The minimum Gasteiger partial charge on any atom is -0.480 e. The Labute approximate surface area is 105 Å². The van der Waals surface area contributed by atoms with Crippen LogP contribution in [0, 0.1) is 0 Å². The standard InChI is InChI=1S/C12H14N2O2.ClH/c1-13-11(12(15)16)6-8-7-14-10-5-3-2-4-9(8)10;/h2-5,7,11,13-14H,6H2,1H3,(H,15,16);1H/t11-;/m1./s1. The van der Waals surface area contributed by atoms with Gasteiger partial charge >= 0.3 is 5.97 Å². The molecule has 0 aliphatic carbocycles. The van der Waals surface area contributed by atoms with Gasteiger partial charge in [-0.2, -0.15) is 0 Å². The van der Waals surface area contributed by atoms with E-state index in [-0.39, 0.29) is 12.4 Å². The summed E-state index contributed by atoms with van der Waals surface area (Å²) < 4.78 is 0. The number of para-hydroxylation sites is 1. The zero-order valence-electron chi connectivity index (χ0n) is 9.43. The fourth-order valence-electron chi connectivity index (χ4n) is 1.83. The molecule has 0 saturated heterocycles. The second kappa shape index (κ2) is 5.70. The molecule has 92 valence electrons. The quantitative estimate of drug-likeness (QED) is 0.780. The molecule has 0 fully saturated rings. The normalized spacial score (nSPS) is 12.1. The van der Waals surface area contributed by atoms with E-state index < -0.39 is 12.0 Å². The molecule has 0 aliphatic rings. The molecule has 1 heterocycles. The second-order valence-electron chi connectivity index (χ2n) is 3.74. The lowest BCUT2D eigenvalue weighted by atomic mass is 10.1. The highest BCUT2D eigenvalue weighted by molar-refractivity contribution is 5.85. The maximum absolute atomic E-state index is 10.9. The zero-order valence-corrected chi connectivity index (χ0v) is 10.3. The Morgan fingerprint density at radius 3 is 2.82 bits per heavy atom. The van der Waals surface area contributed by atoms with E-state index in [1.54, 1.807) is 7.05 Å². The van der Waals surface area contributed by atoms with Crippen LogP contribution in [0.2, 0.25) is 0 Å². The number of hydrogen-bond acceptors (Lipinski definition) is 2. The molecule has 0 unspecified atom stereocenters. The van der Waals surface area contributed by atoms with Gasteiger partial charge < -0.3 is 15.4 Å². The molecule has 5 heteroatoms. The van der Waals surface area contributed by atoms with Crippen molar-refractivity contribution in [1.82, 2.24) is 10.3 Å². The summed E-state index contributed by atoms with van der Waals surface area (Å²) in [6.45, 7) is 0. The fraction of sp³-hybridized carbons (Fsp3) is 0.250. The number of H-pyrrole nitrogens is 1. The Balaban J connectivity index is 0.00000144. The van der Waals surface area contributed by atoms with E-state index in [9.17, 15) is 4.79 Å². The van der Waals surface area contributed by atoms with E-state index in [0.717, 1.165) is 16.5 Å². The van der Waals surface area contributed by atoms with Crippen molar-refractivity contribution in [2.24, 2.45) is 0 Å². The summed E-state index contributed by atoms with van der Waals surface area (Å²) in [6, 6.07) is 7.34. The van der Waals surface area contributed by atoms with Crippen LogP contribution in [0.25, 0.3) is 10.9 Å². The lowest BCUT2D eigenvalue weighted by molar-refractivity contribution is -0.139. The summed E-state index contributed by atoms with van der Waals surface area (Å²) in [6.07, 6.45) is 2.35. The minimum atomic E-state index is -0.826.